The minimum atomic E-state index is -3.83. The molecule has 2 aromatic carbocycles. The number of hydrogen-bond donors (Lipinski definition) is 2. The molecule has 4 aromatic rings. The molecule has 0 spiro atoms. The highest BCUT2D eigenvalue weighted by Gasteiger charge is 2.35. The van der Waals surface area contributed by atoms with E-state index in [-0.39, 0.29) is 18.1 Å². The van der Waals surface area contributed by atoms with Crippen LogP contribution in [-0.2, 0) is 27.0 Å². The molecule has 0 unspecified atom stereocenters. The first kappa shape index (κ1) is 29.3. The number of aromatic nitrogens is 3. The van der Waals surface area contributed by atoms with Crippen LogP contribution >= 0.6 is 19.3 Å². The van der Waals surface area contributed by atoms with E-state index in [1.807, 2.05) is 49.6 Å². The molecule has 0 saturated carbocycles. The molecule has 0 saturated heterocycles. The van der Waals surface area contributed by atoms with Gasteiger partial charge < -0.3 is 19.6 Å². The number of benzene rings is 2. The Morgan fingerprint density at radius 3 is 2.46 bits per heavy atom. The van der Waals surface area contributed by atoms with Crippen molar-refractivity contribution < 1.29 is 18.3 Å². The van der Waals surface area contributed by atoms with Gasteiger partial charge in [-0.05, 0) is 56.5 Å². The van der Waals surface area contributed by atoms with Crippen molar-refractivity contribution >= 4 is 47.1 Å². The Morgan fingerprint density at radius 2 is 1.79 bits per heavy atom. The Balaban J connectivity index is 1.71. The highest BCUT2D eigenvalue weighted by Crippen LogP contribution is 2.48. The third-order valence-corrected chi connectivity index (χ3v) is 8.62. The Hall–Kier alpha value is -2.68. The van der Waals surface area contributed by atoms with Crippen molar-refractivity contribution in [2.75, 3.05) is 12.3 Å². The smallest absolute Gasteiger partial charge is 0.413 e. The maximum Gasteiger partial charge on any atom is 0.459 e. The van der Waals surface area contributed by atoms with Crippen LogP contribution in [0, 0.1) is 5.41 Å². The van der Waals surface area contributed by atoms with E-state index in [4.69, 9.17) is 36.1 Å². The molecule has 9 nitrogen and oxygen atoms in total. The van der Waals surface area contributed by atoms with Gasteiger partial charge in [-0.25, -0.2) is 19.6 Å². The summed E-state index contributed by atoms with van der Waals surface area (Å²) in [6, 6.07) is 14.3. The van der Waals surface area contributed by atoms with E-state index in [1.165, 1.54) is 0 Å². The van der Waals surface area contributed by atoms with Gasteiger partial charge in [0, 0.05) is 23.1 Å². The lowest BCUT2D eigenvalue weighted by Gasteiger charge is -2.32. The summed E-state index contributed by atoms with van der Waals surface area (Å²) in [7, 11) is -3.83. The van der Waals surface area contributed by atoms with Gasteiger partial charge in [0.25, 0.3) is 0 Å². The summed E-state index contributed by atoms with van der Waals surface area (Å²) in [5.74, 6) is 1.40. The predicted molar refractivity (Wildman–Crippen MR) is 157 cm³/mol. The normalized spacial score (nSPS) is 15.4. The van der Waals surface area contributed by atoms with Crippen LogP contribution in [0.3, 0.4) is 0 Å². The zero-order valence-electron chi connectivity index (χ0n) is 23.3. The van der Waals surface area contributed by atoms with Gasteiger partial charge in [0.1, 0.15) is 23.7 Å². The fourth-order valence-corrected chi connectivity index (χ4v) is 6.16. The number of nitrogens with two attached hydrogens (primary N) is 1. The lowest BCUT2D eigenvalue weighted by molar-refractivity contribution is 0.121. The molecule has 0 radical (unpaired) electrons. The number of nitrogen functional groups attached to an aromatic ring is 1. The number of imidazole rings is 1. The third kappa shape index (κ3) is 6.91. The number of fused-ring (bicyclic) bond motifs is 3. The van der Waals surface area contributed by atoms with Crippen LogP contribution in [0.4, 0.5) is 5.82 Å². The number of nitrogens with one attached hydrogen (secondary N) is 1. The van der Waals surface area contributed by atoms with Crippen molar-refractivity contribution in [1.82, 2.24) is 19.6 Å². The number of anilines is 1. The molecule has 3 atom stereocenters. The highest BCUT2D eigenvalue weighted by atomic mass is 35.5. The summed E-state index contributed by atoms with van der Waals surface area (Å²) < 4.78 is 34.1. The molecule has 11 heteroatoms. The molecular weight excluding hydrogens is 537 g/mol. The van der Waals surface area contributed by atoms with Crippen LogP contribution in [0.2, 0.25) is 5.02 Å². The molecule has 0 aliphatic rings. The summed E-state index contributed by atoms with van der Waals surface area (Å²) in [5, 5.41) is 4.59. The van der Waals surface area contributed by atoms with Crippen molar-refractivity contribution in [1.29, 1.82) is 0 Å². The minimum Gasteiger partial charge on any atom is -0.413 e. The molecular formula is C28H37ClN5O4P. The zero-order valence-corrected chi connectivity index (χ0v) is 24.9. The van der Waals surface area contributed by atoms with E-state index in [1.54, 1.807) is 24.3 Å². The molecule has 0 bridgehead atoms. The van der Waals surface area contributed by atoms with Crippen LogP contribution in [0.1, 0.15) is 47.4 Å². The van der Waals surface area contributed by atoms with E-state index < -0.39 is 13.9 Å². The minimum absolute atomic E-state index is 0.180. The Bertz CT molecular complexity index is 1490. The molecule has 0 aliphatic carbocycles. The average molecular weight is 574 g/mol. The largest absolute Gasteiger partial charge is 0.459 e. The molecule has 2 heterocycles. The summed E-state index contributed by atoms with van der Waals surface area (Å²) >= 11 is 6.04. The maximum atomic E-state index is 14.2. The first-order chi connectivity index (χ1) is 18.4. The van der Waals surface area contributed by atoms with Crippen molar-refractivity contribution in [2.24, 2.45) is 5.41 Å². The summed E-state index contributed by atoms with van der Waals surface area (Å²) in [6.45, 7) is 13.0. The van der Waals surface area contributed by atoms with Gasteiger partial charge in [-0.3, -0.25) is 4.52 Å². The molecule has 0 aliphatic heterocycles. The number of nitrogens with zero attached hydrogens (tertiary/aromatic N) is 3. The first-order valence-corrected chi connectivity index (χ1v) is 14.9. The SMILES string of the molecule is CCOCc1nc2c(N)nc3ccccc3c2n1C[C@@H](C)O[P@@](=O)(N[C@@H](C)C(C)(C)C)Oc1ccc(Cl)cc1. The van der Waals surface area contributed by atoms with Gasteiger partial charge in [0.2, 0.25) is 0 Å². The number of halogens is 1. The van der Waals surface area contributed by atoms with Crippen molar-refractivity contribution in [2.45, 2.75) is 66.8 Å². The Morgan fingerprint density at radius 1 is 1.10 bits per heavy atom. The van der Waals surface area contributed by atoms with Gasteiger partial charge in [-0.1, -0.05) is 50.6 Å². The van der Waals surface area contributed by atoms with Crippen LogP contribution in [0.25, 0.3) is 21.9 Å². The van der Waals surface area contributed by atoms with Crippen molar-refractivity contribution in [3.05, 3.63) is 59.4 Å². The van der Waals surface area contributed by atoms with E-state index in [9.17, 15) is 4.57 Å². The van der Waals surface area contributed by atoms with E-state index in [0.29, 0.717) is 41.1 Å². The molecule has 39 heavy (non-hydrogen) atoms. The first-order valence-electron chi connectivity index (χ1n) is 13.0. The second-order valence-electron chi connectivity index (χ2n) is 10.7. The monoisotopic (exact) mass is 573 g/mol. The second-order valence-corrected chi connectivity index (χ2v) is 12.7. The molecule has 3 N–H and O–H groups in total. The van der Waals surface area contributed by atoms with Gasteiger partial charge in [0.05, 0.1) is 23.7 Å². The summed E-state index contributed by atoms with van der Waals surface area (Å²) in [6.07, 6.45) is -0.547. The number of para-hydroxylation sites is 1. The number of ether oxygens (including phenoxy) is 1. The van der Waals surface area contributed by atoms with E-state index >= 15 is 0 Å². The maximum absolute atomic E-state index is 14.2. The molecule has 210 valence electrons. The average Bonchev–Trinajstić information content (AvgIpc) is 3.22. The lowest BCUT2D eigenvalue weighted by Crippen LogP contribution is -2.38. The summed E-state index contributed by atoms with van der Waals surface area (Å²) in [4.78, 5) is 9.30. The molecule has 0 amide bonds. The van der Waals surface area contributed by atoms with Gasteiger partial charge in [0.15, 0.2) is 5.82 Å². The fraction of sp³-hybridized carbons (Fsp3) is 0.429. The molecule has 0 fully saturated rings. The number of hydrogen-bond acceptors (Lipinski definition) is 7. The van der Waals surface area contributed by atoms with Crippen LogP contribution in [-0.4, -0.2) is 33.3 Å². The predicted octanol–water partition coefficient (Wildman–Crippen LogP) is 6.97. The van der Waals surface area contributed by atoms with E-state index in [2.05, 4.69) is 30.8 Å². The fourth-order valence-electron chi connectivity index (χ4n) is 4.08. The van der Waals surface area contributed by atoms with Gasteiger partial charge in [-0.2, -0.15) is 0 Å². The number of pyridine rings is 1. The van der Waals surface area contributed by atoms with Gasteiger partial charge >= 0.3 is 7.75 Å². The quantitative estimate of drug-likeness (QED) is 0.185. The summed E-state index contributed by atoms with van der Waals surface area (Å²) in [5.41, 5.74) is 8.30. The van der Waals surface area contributed by atoms with Crippen LogP contribution in [0.5, 0.6) is 5.75 Å². The lowest BCUT2D eigenvalue weighted by atomic mass is 9.89. The zero-order chi connectivity index (χ0) is 28.4. The second kappa shape index (κ2) is 11.8. The van der Waals surface area contributed by atoms with Gasteiger partial charge in [-0.15, -0.1) is 0 Å². The molecule has 2 aromatic heterocycles. The Labute approximate surface area is 234 Å². The molecule has 4 rings (SSSR count). The van der Waals surface area contributed by atoms with Crippen molar-refractivity contribution in [3.8, 4) is 5.75 Å². The van der Waals surface area contributed by atoms with Crippen LogP contribution in [0.15, 0.2) is 48.5 Å². The number of rotatable bonds is 11. The standard InChI is InChI=1S/C28H37ClN5O4P/c1-7-36-17-24-32-25-26(22-10-8-9-11-23(22)31-27(25)30)34(24)16-18(2)37-39(35,33-19(3)28(4,5)6)38-21-14-12-20(29)13-15-21/h8-15,18-19H,7,16-17H2,1-6H3,(H2,30,31)(H,33,35)/t18-,19+,39+/m1/s1. The highest BCUT2D eigenvalue weighted by molar-refractivity contribution is 7.52. The van der Waals surface area contributed by atoms with Crippen molar-refractivity contribution in [3.63, 3.8) is 0 Å². The third-order valence-electron chi connectivity index (χ3n) is 6.57. The van der Waals surface area contributed by atoms with Crippen LogP contribution < -0.4 is 15.3 Å². The van der Waals surface area contributed by atoms with E-state index in [0.717, 1.165) is 16.4 Å². The Kier molecular flexibility index (Phi) is 8.88. The topological polar surface area (TPSA) is 114 Å².